The Balaban J connectivity index is 1.83. The van der Waals surface area contributed by atoms with Crippen LogP contribution in [0.1, 0.15) is 22.3 Å². The number of rotatable bonds is 7. The molecule has 33 heavy (non-hydrogen) atoms. The molecule has 0 bridgehead atoms. The van der Waals surface area contributed by atoms with E-state index in [-0.39, 0.29) is 22.8 Å². The molecular weight excluding hydrogens is 465 g/mol. The molecule has 3 rings (SSSR count). The molecule has 0 radical (unpaired) electrons. The van der Waals surface area contributed by atoms with Crippen molar-refractivity contribution in [1.82, 2.24) is 5.32 Å². The Morgan fingerprint density at radius 3 is 2.58 bits per heavy atom. The van der Waals surface area contributed by atoms with Crippen molar-refractivity contribution in [2.45, 2.75) is 23.9 Å². The van der Waals surface area contributed by atoms with Crippen molar-refractivity contribution in [2.75, 3.05) is 31.1 Å². The molecule has 0 unspecified atom stereocenters. The molecular formula is C21H21F3N2O6S. The number of nitrogens with one attached hydrogen (secondary N) is 1. The standard InChI is InChI=1S/C21H21F3N2O6S/c1-31-17-9-8-15(20(28)32-12-19(27)25-13-21(22,23)24)11-18(17)33(29,30)26-10-4-6-14-5-2-3-7-16(14)26/h2-3,5,7-9,11H,4,6,10,12-13H2,1H3,(H,25,27). The molecule has 1 aliphatic rings. The van der Waals surface area contributed by atoms with Crippen molar-refractivity contribution in [3.8, 4) is 5.75 Å². The molecule has 0 saturated carbocycles. The number of carbonyl (C=O) groups excluding carboxylic acids is 2. The van der Waals surface area contributed by atoms with Gasteiger partial charge in [-0.05, 0) is 42.7 Å². The molecule has 2 aromatic carbocycles. The number of esters is 1. The average Bonchev–Trinajstić information content (AvgIpc) is 2.79. The Hall–Kier alpha value is -3.28. The van der Waals surface area contributed by atoms with E-state index >= 15 is 0 Å². The predicted molar refractivity (Wildman–Crippen MR) is 112 cm³/mol. The van der Waals surface area contributed by atoms with Gasteiger partial charge < -0.3 is 14.8 Å². The molecule has 0 aliphatic carbocycles. The summed E-state index contributed by atoms with van der Waals surface area (Å²) >= 11 is 0. The summed E-state index contributed by atoms with van der Waals surface area (Å²) in [5, 5.41) is 1.57. The van der Waals surface area contributed by atoms with E-state index < -0.39 is 41.2 Å². The highest BCUT2D eigenvalue weighted by Crippen LogP contribution is 2.35. The summed E-state index contributed by atoms with van der Waals surface area (Å²) < 4.78 is 74.6. The number of anilines is 1. The Morgan fingerprint density at radius 1 is 1.15 bits per heavy atom. The topological polar surface area (TPSA) is 102 Å². The zero-order chi connectivity index (χ0) is 24.2. The lowest BCUT2D eigenvalue weighted by molar-refractivity contribution is -0.140. The number of hydrogen-bond acceptors (Lipinski definition) is 6. The van der Waals surface area contributed by atoms with E-state index in [2.05, 4.69) is 0 Å². The number of ether oxygens (including phenoxy) is 2. The first kappa shape index (κ1) is 24.4. The quantitative estimate of drug-likeness (QED) is 0.604. The van der Waals surface area contributed by atoms with Gasteiger partial charge in [0.15, 0.2) is 6.61 Å². The number of sulfonamides is 1. The maximum atomic E-state index is 13.5. The fraction of sp³-hybridized carbons (Fsp3) is 0.333. The molecule has 0 fully saturated rings. The van der Waals surface area contributed by atoms with Crippen LogP contribution in [0.3, 0.4) is 0 Å². The summed E-state index contributed by atoms with van der Waals surface area (Å²) in [7, 11) is -2.85. The lowest BCUT2D eigenvalue weighted by atomic mass is 10.0. The van der Waals surface area contributed by atoms with Gasteiger partial charge in [-0.1, -0.05) is 18.2 Å². The third-order valence-corrected chi connectivity index (χ3v) is 6.69. The summed E-state index contributed by atoms with van der Waals surface area (Å²) in [6, 6.07) is 10.6. The van der Waals surface area contributed by atoms with E-state index in [0.29, 0.717) is 12.1 Å². The lowest BCUT2D eigenvalue weighted by Gasteiger charge is -2.30. The molecule has 12 heteroatoms. The molecule has 2 aromatic rings. The number of alkyl halides is 3. The number of methoxy groups -OCH3 is 1. The molecule has 8 nitrogen and oxygen atoms in total. The zero-order valence-electron chi connectivity index (χ0n) is 17.5. The Labute approximate surface area is 188 Å². The van der Waals surface area contributed by atoms with Gasteiger partial charge in [0.25, 0.3) is 15.9 Å². The second kappa shape index (κ2) is 9.69. The van der Waals surface area contributed by atoms with E-state index in [9.17, 15) is 31.2 Å². The smallest absolute Gasteiger partial charge is 0.405 e. The first-order valence-electron chi connectivity index (χ1n) is 9.82. The number of hydrogen-bond donors (Lipinski definition) is 1. The molecule has 1 heterocycles. The molecule has 178 valence electrons. The third kappa shape index (κ3) is 5.75. The van der Waals surface area contributed by atoms with Crippen LogP contribution in [0.25, 0.3) is 0 Å². The van der Waals surface area contributed by atoms with Crippen LogP contribution < -0.4 is 14.4 Å². The summed E-state index contributed by atoms with van der Waals surface area (Å²) in [4.78, 5) is 23.5. The maximum Gasteiger partial charge on any atom is 0.405 e. The predicted octanol–water partition coefficient (Wildman–Crippen LogP) is 2.67. The number of aryl methyl sites for hydroxylation is 1. The molecule has 0 saturated heterocycles. The Kier molecular flexibility index (Phi) is 7.15. The van der Waals surface area contributed by atoms with Gasteiger partial charge in [-0.15, -0.1) is 0 Å². The van der Waals surface area contributed by atoms with Crippen LogP contribution in [-0.4, -0.2) is 53.3 Å². The number of nitrogens with zero attached hydrogens (tertiary/aromatic N) is 1. The van der Waals surface area contributed by atoms with E-state index in [4.69, 9.17) is 9.47 Å². The summed E-state index contributed by atoms with van der Waals surface area (Å²) in [5.74, 6) is -2.22. The zero-order valence-corrected chi connectivity index (χ0v) is 18.3. The Bertz CT molecular complexity index is 1150. The third-order valence-electron chi connectivity index (χ3n) is 4.86. The number of amides is 1. The van der Waals surface area contributed by atoms with Gasteiger partial charge in [0, 0.05) is 6.54 Å². The highest BCUT2D eigenvalue weighted by Gasteiger charge is 2.32. The van der Waals surface area contributed by atoms with Gasteiger partial charge >= 0.3 is 12.1 Å². The molecule has 1 N–H and O–H groups in total. The summed E-state index contributed by atoms with van der Waals surface area (Å²) in [6.07, 6.45) is -3.28. The minimum absolute atomic E-state index is 0.00229. The minimum atomic E-state index is -4.61. The second-order valence-corrected chi connectivity index (χ2v) is 8.97. The number of benzene rings is 2. The minimum Gasteiger partial charge on any atom is -0.495 e. The second-order valence-electron chi connectivity index (χ2n) is 7.14. The Morgan fingerprint density at radius 2 is 1.88 bits per heavy atom. The van der Waals surface area contributed by atoms with Crippen molar-refractivity contribution in [3.05, 3.63) is 53.6 Å². The first-order valence-corrected chi connectivity index (χ1v) is 11.3. The molecule has 0 atom stereocenters. The van der Waals surface area contributed by atoms with Crippen LogP contribution in [0.5, 0.6) is 5.75 Å². The number of carbonyl (C=O) groups is 2. The van der Waals surface area contributed by atoms with E-state index in [1.54, 1.807) is 17.4 Å². The fourth-order valence-corrected chi connectivity index (χ4v) is 5.06. The normalized spacial score (nSPS) is 13.8. The average molecular weight is 486 g/mol. The molecule has 1 aliphatic heterocycles. The van der Waals surface area contributed by atoms with Crippen molar-refractivity contribution in [3.63, 3.8) is 0 Å². The molecule has 1 amide bonds. The number of halogens is 3. The van der Waals surface area contributed by atoms with Gasteiger partial charge in [0.2, 0.25) is 0 Å². The summed E-state index contributed by atoms with van der Waals surface area (Å²) in [6.45, 7) is -2.29. The van der Waals surface area contributed by atoms with Crippen molar-refractivity contribution in [2.24, 2.45) is 0 Å². The molecule has 0 spiro atoms. The first-order chi connectivity index (χ1) is 15.5. The monoisotopic (exact) mass is 486 g/mol. The van der Waals surface area contributed by atoms with Crippen molar-refractivity contribution in [1.29, 1.82) is 0 Å². The number of fused-ring (bicyclic) bond motifs is 1. The largest absolute Gasteiger partial charge is 0.495 e. The van der Waals surface area contributed by atoms with Crippen LogP contribution in [0.4, 0.5) is 18.9 Å². The number of para-hydroxylation sites is 1. The molecule has 0 aromatic heterocycles. The van der Waals surface area contributed by atoms with Crippen LogP contribution >= 0.6 is 0 Å². The van der Waals surface area contributed by atoms with Crippen molar-refractivity contribution >= 4 is 27.6 Å². The van der Waals surface area contributed by atoms with Crippen LogP contribution in [0.2, 0.25) is 0 Å². The van der Waals surface area contributed by atoms with Gasteiger partial charge in [-0.25, -0.2) is 13.2 Å². The van der Waals surface area contributed by atoms with E-state index in [1.807, 2.05) is 12.1 Å². The van der Waals surface area contributed by atoms with Gasteiger partial charge in [-0.3, -0.25) is 9.10 Å². The van der Waals surface area contributed by atoms with E-state index in [0.717, 1.165) is 18.1 Å². The SMILES string of the molecule is COc1ccc(C(=O)OCC(=O)NCC(F)(F)F)cc1S(=O)(=O)N1CCCc2ccccc21. The maximum absolute atomic E-state index is 13.5. The lowest BCUT2D eigenvalue weighted by Crippen LogP contribution is -2.36. The van der Waals surface area contributed by atoms with Crippen LogP contribution in [-0.2, 0) is 26.0 Å². The van der Waals surface area contributed by atoms with Gasteiger partial charge in [-0.2, -0.15) is 13.2 Å². The van der Waals surface area contributed by atoms with Crippen molar-refractivity contribution < 1.29 is 40.7 Å². The van der Waals surface area contributed by atoms with E-state index in [1.165, 1.54) is 23.5 Å². The fourth-order valence-electron chi connectivity index (χ4n) is 3.34. The highest BCUT2D eigenvalue weighted by atomic mass is 32.2. The van der Waals surface area contributed by atoms with Crippen LogP contribution in [0.15, 0.2) is 47.4 Å². The van der Waals surface area contributed by atoms with Gasteiger partial charge in [0.05, 0.1) is 18.4 Å². The van der Waals surface area contributed by atoms with Gasteiger partial charge in [0.1, 0.15) is 17.2 Å². The highest BCUT2D eigenvalue weighted by molar-refractivity contribution is 7.93. The summed E-state index contributed by atoms with van der Waals surface area (Å²) in [5.41, 5.74) is 1.19. The van der Waals surface area contributed by atoms with Crippen LogP contribution in [0, 0.1) is 0 Å².